The van der Waals surface area contributed by atoms with Crippen LogP contribution in [0.1, 0.15) is 75.3 Å². The molecule has 0 bridgehead atoms. The SMILES string of the molecule is CC(=O)c1ccc(NC(=O)NC(c2ccccc2)C2CCC(C(C)(C)C)CC2)cc1. The number of hydrogen-bond donors (Lipinski definition) is 2. The van der Waals surface area contributed by atoms with Crippen molar-refractivity contribution in [1.82, 2.24) is 5.32 Å². The summed E-state index contributed by atoms with van der Waals surface area (Å²) in [6.45, 7) is 8.52. The second-order valence-electron chi connectivity index (χ2n) is 9.60. The lowest BCUT2D eigenvalue weighted by atomic mass is 9.68. The maximum atomic E-state index is 12.8. The minimum Gasteiger partial charge on any atom is -0.331 e. The molecular formula is C26H34N2O2. The summed E-state index contributed by atoms with van der Waals surface area (Å²) in [7, 11) is 0. The molecule has 2 aromatic rings. The van der Waals surface area contributed by atoms with Gasteiger partial charge in [-0.25, -0.2) is 4.79 Å². The lowest BCUT2D eigenvalue weighted by Gasteiger charge is -2.39. The number of hydrogen-bond acceptors (Lipinski definition) is 2. The first kappa shape index (κ1) is 22.1. The van der Waals surface area contributed by atoms with Gasteiger partial charge in [-0.05, 0) is 79.7 Å². The Kier molecular flexibility index (Phi) is 6.96. The summed E-state index contributed by atoms with van der Waals surface area (Å²) in [6.07, 6.45) is 4.64. The van der Waals surface area contributed by atoms with Crippen LogP contribution in [0.15, 0.2) is 54.6 Å². The smallest absolute Gasteiger partial charge is 0.319 e. The molecule has 1 saturated carbocycles. The van der Waals surface area contributed by atoms with Crippen LogP contribution in [0.25, 0.3) is 0 Å². The van der Waals surface area contributed by atoms with E-state index < -0.39 is 0 Å². The minimum atomic E-state index is -0.211. The van der Waals surface area contributed by atoms with E-state index in [0.29, 0.717) is 22.6 Å². The van der Waals surface area contributed by atoms with E-state index in [4.69, 9.17) is 0 Å². The Hall–Kier alpha value is -2.62. The highest BCUT2D eigenvalue weighted by molar-refractivity contribution is 5.95. The van der Waals surface area contributed by atoms with Gasteiger partial charge in [0.15, 0.2) is 5.78 Å². The molecule has 1 unspecified atom stereocenters. The second kappa shape index (κ2) is 9.46. The van der Waals surface area contributed by atoms with Gasteiger partial charge in [0.05, 0.1) is 6.04 Å². The van der Waals surface area contributed by atoms with Crippen molar-refractivity contribution in [3.05, 3.63) is 65.7 Å². The quantitative estimate of drug-likeness (QED) is 0.549. The average molecular weight is 407 g/mol. The number of ketones is 1. The first-order valence-corrected chi connectivity index (χ1v) is 11.0. The number of benzene rings is 2. The van der Waals surface area contributed by atoms with E-state index in [2.05, 4.69) is 43.5 Å². The Bertz CT molecular complexity index is 845. The van der Waals surface area contributed by atoms with Crippen LogP contribution in [-0.2, 0) is 0 Å². The van der Waals surface area contributed by atoms with Crippen LogP contribution < -0.4 is 10.6 Å². The predicted octanol–water partition coefficient (Wildman–Crippen LogP) is 6.60. The highest BCUT2D eigenvalue weighted by atomic mass is 16.2. The molecule has 0 spiro atoms. The van der Waals surface area contributed by atoms with Crippen molar-refractivity contribution in [3.63, 3.8) is 0 Å². The third-order valence-corrected chi connectivity index (χ3v) is 6.46. The molecule has 2 N–H and O–H groups in total. The van der Waals surface area contributed by atoms with Gasteiger partial charge in [-0.2, -0.15) is 0 Å². The number of nitrogens with one attached hydrogen (secondary N) is 2. The zero-order valence-electron chi connectivity index (χ0n) is 18.6. The number of Topliss-reactive ketones (excluding diaryl/α,β-unsaturated/α-hetero) is 1. The van der Waals surface area contributed by atoms with Gasteiger partial charge in [0, 0.05) is 11.3 Å². The molecule has 1 aliphatic carbocycles. The molecule has 3 rings (SSSR count). The van der Waals surface area contributed by atoms with Crippen LogP contribution in [0.5, 0.6) is 0 Å². The average Bonchev–Trinajstić information content (AvgIpc) is 2.72. The summed E-state index contributed by atoms with van der Waals surface area (Å²) in [5, 5.41) is 6.14. The first-order valence-electron chi connectivity index (χ1n) is 11.0. The van der Waals surface area contributed by atoms with Crippen molar-refractivity contribution in [3.8, 4) is 0 Å². The van der Waals surface area contributed by atoms with Gasteiger partial charge in [-0.3, -0.25) is 4.79 Å². The number of anilines is 1. The van der Waals surface area contributed by atoms with Crippen molar-refractivity contribution < 1.29 is 9.59 Å². The number of amides is 2. The van der Waals surface area contributed by atoms with Crippen molar-refractivity contribution >= 4 is 17.5 Å². The van der Waals surface area contributed by atoms with Crippen LogP contribution in [0.2, 0.25) is 0 Å². The highest BCUT2D eigenvalue weighted by Gasteiger charge is 2.34. The van der Waals surface area contributed by atoms with E-state index in [1.807, 2.05) is 18.2 Å². The monoisotopic (exact) mass is 406 g/mol. The standard InChI is InChI=1S/C26H34N2O2/c1-18(29)19-12-16-23(17-13-19)27-25(30)28-24(20-8-6-5-7-9-20)21-10-14-22(15-11-21)26(2,3)4/h5-9,12-13,16-17,21-22,24H,10-11,14-15H2,1-4H3,(H2,27,28,30). The van der Waals surface area contributed by atoms with Gasteiger partial charge < -0.3 is 10.6 Å². The van der Waals surface area contributed by atoms with Gasteiger partial charge in [-0.15, -0.1) is 0 Å². The van der Waals surface area contributed by atoms with E-state index in [1.165, 1.54) is 19.8 Å². The molecular weight excluding hydrogens is 372 g/mol. The molecule has 30 heavy (non-hydrogen) atoms. The normalized spacial score (nSPS) is 20.3. The number of carbonyl (C=O) groups excluding carboxylic acids is 2. The third-order valence-electron chi connectivity index (χ3n) is 6.46. The summed E-state index contributed by atoms with van der Waals surface area (Å²) < 4.78 is 0. The minimum absolute atomic E-state index is 0.0105. The molecule has 0 aromatic heterocycles. The zero-order chi connectivity index (χ0) is 21.7. The molecule has 0 radical (unpaired) electrons. The van der Waals surface area contributed by atoms with Crippen LogP contribution in [0.3, 0.4) is 0 Å². The van der Waals surface area contributed by atoms with Crippen molar-refractivity contribution in [2.45, 2.75) is 59.4 Å². The van der Waals surface area contributed by atoms with Gasteiger partial charge >= 0.3 is 6.03 Å². The molecule has 0 saturated heterocycles. The molecule has 4 nitrogen and oxygen atoms in total. The van der Waals surface area contributed by atoms with Gasteiger partial charge in [0.1, 0.15) is 0 Å². The Morgan fingerprint density at radius 2 is 1.50 bits per heavy atom. The van der Waals surface area contributed by atoms with Crippen LogP contribution in [0, 0.1) is 17.3 Å². The fourth-order valence-corrected chi connectivity index (χ4v) is 4.55. The van der Waals surface area contributed by atoms with Gasteiger partial charge in [0.2, 0.25) is 0 Å². The number of rotatable bonds is 5. The van der Waals surface area contributed by atoms with E-state index in [-0.39, 0.29) is 17.9 Å². The molecule has 2 amide bonds. The third kappa shape index (κ3) is 5.71. The summed E-state index contributed by atoms with van der Waals surface area (Å²) >= 11 is 0. The maximum absolute atomic E-state index is 12.8. The highest BCUT2D eigenvalue weighted by Crippen LogP contribution is 2.43. The molecule has 4 heteroatoms. The number of carbonyl (C=O) groups is 2. The zero-order valence-corrected chi connectivity index (χ0v) is 18.6. The Morgan fingerprint density at radius 1 is 0.900 bits per heavy atom. The summed E-state index contributed by atoms with van der Waals surface area (Å²) in [4.78, 5) is 24.2. The fraction of sp³-hybridized carbons (Fsp3) is 0.462. The van der Waals surface area contributed by atoms with Crippen LogP contribution >= 0.6 is 0 Å². The predicted molar refractivity (Wildman–Crippen MR) is 123 cm³/mol. The topological polar surface area (TPSA) is 58.2 Å². The largest absolute Gasteiger partial charge is 0.331 e. The van der Waals surface area contributed by atoms with Gasteiger partial charge in [0.25, 0.3) is 0 Å². The Balaban J connectivity index is 1.69. The van der Waals surface area contributed by atoms with Crippen LogP contribution in [0.4, 0.5) is 10.5 Å². The molecule has 0 heterocycles. The van der Waals surface area contributed by atoms with Crippen molar-refractivity contribution in [1.29, 1.82) is 0 Å². The first-order chi connectivity index (χ1) is 14.2. The molecule has 0 aliphatic heterocycles. The maximum Gasteiger partial charge on any atom is 0.319 e. The number of urea groups is 1. The van der Waals surface area contributed by atoms with Crippen molar-refractivity contribution in [2.24, 2.45) is 17.3 Å². The summed E-state index contributed by atoms with van der Waals surface area (Å²) in [6, 6.07) is 17.1. The molecule has 1 atom stereocenters. The Morgan fingerprint density at radius 3 is 2.03 bits per heavy atom. The summed E-state index contributed by atoms with van der Waals surface area (Å²) in [5.74, 6) is 1.18. The van der Waals surface area contributed by atoms with E-state index in [9.17, 15) is 9.59 Å². The molecule has 2 aromatic carbocycles. The summed E-state index contributed by atoms with van der Waals surface area (Å²) in [5.41, 5.74) is 2.81. The Labute approximate surface area is 180 Å². The van der Waals surface area contributed by atoms with E-state index in [0.717, 1.165) is 24.3 Å². The molecule has 1 aliphatic rings. The second-order valence-corrected chi connectivity index (χ2v) is 9.60. The van der Waals surface area contributed by atoms with Crippen molar-refractivity contribution in [2.75, 3.05) is 5.32 Å². The fourth-order valence-electron chi connectivity index (χ4n) is 4.55. The lowest BCUT2D eigenvalue weighted by molar-refractivity contribution is 0.101. The molecule has 160 valence electrons. The van der Waals surface area contributed by atoms with Crippen LogP contribution in [-0.4, -0.2) is 11.8 Å². The van der Waals surface area contributed by atoms with E-state index in [1.54, 1.807) is 24.3 Å². The molecule has 1 fully saturated rings. The van der Waals surface area contributed by atoms with E-state index >= 15 is 0 Å². The lowest BCUT2D eigenvalue weighted by Crippen LogP contribution is -2.38. The van der Waals surface area contributed by atoms with Gasteiger partial charge in [-0.1, -0.05) is 51.1 Å².